The number of nitrogens with two attached hydrogens (primary N) is 1. The lowest BCUT2D eigenvalue weighted by Gasteiger charge is -2.10. The minimum atomic E-state index is -3.69. The average molecular weight is 308 g/mol. The number of rotatable bonds is 5. The van der Waals surface area contributed by atoms with Crippen LogP contribution in [0.4, 0.5) is 5.69 Å². The molecule has 0 aliphatic carbocycles. The summed E-state index contributed by atoms with van der Waals surface area (Å²) in [4.78, 5) is 0.105. The van der Waals surface area contributed by atoms with Gasteiger partial charge in [0.05, 0.1) is 11.1 Å². The molecule has 7 heteroatoms. The van der Waals surface area contributed by atoms with Gasteiger partial charge in [-0.1, -0.05) is 6.07 Å². The smallest absolute Gasteiger partial charge is 0.238 e. The molecule has 0 saturated heterocycles. The normalized spacial score (nSPS) is 11.9. The maximum atomic E-state index is 11.4. The summed E-state index contributed by atoms with van der Waals surface area (Å²) in [5.74, 6) is 0. The summed E-state index contributed by atoms with van der Waals surface area (Å²) in [5, 5.41) is 12.6. The zero-order chi connectivity index (χ0) is 15.6. The molecule has 21 heavy (non-hydrogen) atoms. The van der Waals surface area contributed by atoms with Crippen molar-refractivity contribution in [3.05, 3.63) is 41.7 Å². The van der Waals surface area contributed by atoms with Crippen LogP contribution in [0.3, 0.4) is 0 Å². The molecule has 114 valence electrons. The third-order valence-electron chi connectivity index (χ3n) is 3.20. The number of nitrogens with one attached hydrogen (secondary N) is 1. The molecule has 1 aromatic carbocycles. The number of nitrogens with zero attached hydrogens (tertiary/aromatic N) is 2. The Balaban J connectivity index is 2.15. The summed E-state index contributed by atoms with van der Waals surface area (Å²) in [5.41, 5.74) is 2.74. The van der Waals surface area contributed by atoms with Crippen molar-refractivity contribution in [1.29, 1.82) is 0 Å². The van der Waals surface area contributed by atoms with E-state index < -0.39 is 10.0 Å². The maximum Gasteiger partial charge on any atom is 0.238 e. The lowest BCUT2D eigenvalue weighted by atomic mass is 10.2. The summed E-state index contributed by atoms with van der Waals surface area (Å²) in [6.07, 6.45) is 3.77. The van der Waals surface area contributed by atoms with E-state index in [4.69, 9.17) is 5.14 Å². The van der Waals surface area contributed by atoms with Gasteiger partial charge in [-0.15, -0.1) is 0 Å². The molecule has 1 heterocycles. The summed E-state index contributed by atoms with van der Waals surface area (Å²) >= 11 is 0. The molecule has 1 aromatic heterocycles. The highest BCUT2D eigenvalue weighted by molar-refractivity contribution is 7.89. The molecule has 6 nitrogen and oxygen atoms in total. The van der Waals surface area contributed by atoms with Crippen LogP contribution in [0.2, 0.25) is 0 Å². The molecule has 2 aromatic rings. The second kappa shape index (κ2) is 5.87. The molecular weight excluding hydrogens is 288 g/mol. The van der Waals surface area contributed by atoms with Gasteiger partial charge in [0, 0.05) is 30.0 Å². The van der Waals surface area contributed by atoms with Crippen LogP contribution >= 0.6 is 0 Å². The summed E-state index contributed by atoms with van der Waals surface area (Å²) in [6, 6.07) is 5.11. The van der Waals surface area contributed by atoms with Gasteiger partial charge in [-0.25, -0.2) is 13.6 Å². The average Bonchev–Trinajstić information content (AvgIpc) is 2.85. The third kappa shape index (κ3) is 3.83. The molecule has 2 rings (SSSR count). The van der Waals surface area contributed by atoms with Gasteiger partial charge in [-0.05, 0) is 38.5 Å². The highest BCUT2D eigenvalue weighted by Gasteiger charge is 2.10. The Bertz CT molecular complexity index is 735. The van der Waals surface area contributed by atoms with Gasteiger partial charge >= 0.3 is 0 Å². The van der Waals surface area contributed by atoms with Gasteiger partial charge in [-0.2, -0.15) is 5.10 Å². The van der Waals surface area contributed by atoms with E-state index in [1.165, 1.54) is 6.07 Å². The van der Waals surface area contributed by atoms with E-state index in [1.54, 1.807) is 18.3 Å². The number of anilines is 1. The molecule has 0 radical (unpaired) electrons. The van der Waals surface area contributed by atoms with Crippen molar-refractivity contribution in [3.8, 4) is 0 Å². The SMILES string of the molecule is Cc1ccc(S(N)(=O)=O)cc1NCc1cnn(C(C)C)c1. The van der Waals surface area contributed by atoms with E-state index in [1.807, 2.05) is 17.8 Å². The number of benzene rings is 1. The first-order chi connectivity index (χ1) is 9.77. The summed E-state index contributed by atoms with van der Waals surface area (Å²) in [7, 11) is -3.69. The molecule has 0 fully saturated rings. The minimum Gasteiger partial charge on any atom is -0.381 e. The van der Waals surface area contributed by atoms with Crippen LogP contribution in [0.15, 0.2) is 35.5 Å². The fourth-order valence-corrected chi connectivity index (χ4v) is 2.46. The van der Waals surface area contributed by atoms with Crippen molar-refractivity contribution in [1.82, 2.24) is 9.78 Å². The van der Waals surface area contributed by atoms with E-state index >= 15 is 0 Å². The van der Waals surface area contributed by atoms with Crippen molar-refractivity contribution < 1.29 is 8.42 Å². The predicted molar refractivity (Wildman–Crippen MR) is 82.5 cm³/mol. The van der Waals surface area contributed by atoms with Crippen LogP contribution in [0.5, 0.6) is 0 Å². The van der Waals surface area contributed by atoms with Crippen molar-refractivity contribution in [2.45, 2.75) is 38.3 Å². The van der Waals surface area contributed by atoms with Gasteiger partial charge < -0.3 is 5.32 Å². The zero-order valence-electron chi connectivity index (χ0n) is 12.4. The molecule has 0 unspecified atom stereocenters. The van der Waals surface area contributed by atoms with Crippen LogP contribution in [-0.4, -0.2) is 18.2 Å². The first-order valence-electron chi connectivity index (χ1n) is 6.67. The quantitative estimate of drug-likeness (QED) is 0.884. The van der Waals surface area contributed by atoms with Gasteiger partial charge in [0.2, 0.25) is 10.0 Å². The number of primary sulfonamides is 1. The molecule has 0 bridgehead atoms. The van der Waals surface area contributed by atoms with Gasteiger partial charge in [0.15, 0.2) is 0 Å². The van der Waals surface area contributed by atoms with Crippen molar-refractivity contribution >= 4 is 15.7 Å². The van der Waals surface area contributed by atoms with Crippen LogP contribution in [0.1, 0.15) is 31.0 Å². The molecule has 0 aliphatic rings. The topological polar surface area (TPSA) is 90.0 Å². The second-order valence-electron chi connectivity index (χ2n) is 5.30. The minimum absolute atomic E-state index is 0.105. The van der Waals surface area contributed by atoms with Crippen LogP contribution in [0, 0.1) is 6.92 Å². The molecule has 0 atom stereocenters. The predicted octanol–water partition coefficient (Wildman–Crippen LogP) is 2.03. The molecule has 0 amide bonds. The van der Waals surface area contributed by atoms with Gasteiger partial charge in [-0.3, -0.25) is 4.68 Å². The molecule has 0 saturated carbocycles. The second-order valence-corrected chi connectivity index (χ2v) is 6.86. The third-order valence-corrected chi connectivity index (χ3v) is 4.12. The van der Waals surface area contributed by atoms with E-state index in [0.29, 0.717) is 12.6 Å². The first kappa shape index (κ1) is 15.5. The van der Waals surface area contributed by atoms with Crippen molar-refractivity contribution in [3.63, 3.8) is 0 Å². The number of hydrogen-bond acceptors (Lipinski definition) is 4. The van der Waals surface area contributed by atoms with Gasteiger partial charge in [0.25, 0.3) is 0 Å². The largest absolute Gasteiger partial charge is 0.381 e. The number of sulfonamides is 1. The van der Waals surface area contributed by atoms with E-state index in [-0.39, 0.29) is 4.90 Å². The summed E-state index contributed by atoms with van der Waals surface area (Å²) in [6.45, 7) is 6.60. The Morgan fingerprint density at radius 1 is 1.38 bits per heavy atom. The van der Waals surface area contributed by atoms with Crippen molar-refractivity contribution in [2.75, 3.05) is 5.32 Å². The molecule has 0 spiro atoms. The Morgan fingerprint density at radius 2 is 2.10 bits per heavy atom. The zero-order valence-corrected chi connectivity index (χ0v) is 13.2. The Hall–Kier alpha value is -1.86. The van der Waals surface area contributed by atoms with E-state index in [0.717, 1.165) is 16.8 Å². The molecular formula is C14H20N4O2S. The molecule has 3 N–H and O–H groups in total. The monoisotopic (exact) mass is 308 g/mol. The fraction of sp³-hybridized carbons (Fsp3) is 0.357. The van der Waals surface area contributed by atoms with Crippen LogP contribution in [0.25, 0.3) is 0 Å². The van der Waals surface area contributed by atoms with Crippen molar-refractivity contribution in [2.24, 2.45) is 5.14 Å². The first-order valence-corrected chi connectivity index (χ1v) is 8.22. The number of aryl methyl sites for hydroxylation is 1. The fourth-order valence-electron chi connectivity index (χ4n) is 1.92. The lowest BCUT2D eigenvalue weighted by Crippen LogP contribution is -2.13. The number of aromatic nitrogens is 2. The number of hydrogen-bond donors (Lipinski definition) is 2. The Kier molecular flexibility index (Phi) is 4.34. The molecule has 0 aliphatic heterocycles. The van der Waals surface area contributed by atoms with Crippen LogP contribution < -0.4 is 10.5 Å². The highest BCUT2D eigenvalue weighted by atomic mass is 32.2. The van der Waals surface area contributed by atoms with Crippen LogP contribution in [-0.2, 0) is 16.6 Å². The Labute approximate surface area is 125 Å². The van der Waals surface area contributed by atoms with E-state index in [2.05, 4.69) is 24.3 Å². The summed E-state index contributed by atoms with van der Waals surface area (Å²) < 4.78 is 24.7. The highest BCUT2D eigenvalue weighted by Crippen LogP contribution is 2.20. The Morgan fingerprint density at radius 3 is 2.67 bits per heavy atom. The maximum absolute atomic E-state index is 11.4. The van der Waals surface area contributed by atoms with E-state index in [9.17, 15) is 8.42 Å². The lowest BCUT2D eigenvalue weighted by molar-refractivity contribution is 0.532. The standard InChI is InChI=1S/C14H20N4O2S/c1-10(2)18-9-12(8-17-18)7-16-14-6-13(21(15,19)20)5-4-11(14)3/h4-6,8-10,16H,7H2,1-3H3,(H2,15,19,20). The van der Waals surface area contributed by atoms with Gasteiger partial charge in [0.1, 0.15) is 0 Å².